The van der Waals surface area contributed by atoms with Crippen molar-refractivity contribution in [1.29, 1.82) is 0 Å². The van der Waals surface area contributed by atoms with Gasteiger partial charge in [0.05, 0.1) is 5.56 Å². The van der Waals surface area contributed by atoms with Crippen molar-refractivity contribution in [1.82, 2.24) is 15.3 Å². The maximum atomic E-state index is 12.2. The molecule has 1 fully saturated rings. The van der Waals surface area contributed by atoms with Crippen LogP contribution < -0.4 is 10.1 Å². The topological polar surface area (TPSA) is 101 Å². The van der Waals surface area contributed by atoms with Crippen molar-refractivity contribution in [3.63, 3.8) is 0 Å². The van der Waals surface area contributed by atoms with Gasteiger partial charge < -0.3 is 15.2 Å². The fourth-order valence-electron chi connectivity index (χ4n) is 2.94. The Morgan fingerprint density at radius 3 is 2.65 bits per heavy atom. The summed E-state index contributed by atoms with van der Waals surface area (Å²) < 4.78 is 5.93. The molecule has 1 amide bonds. The van der Waals surface area contributed by atoms with Gasteiger partial charge in [-0.05, 0) is 49.4 Å². The molecule has 0 saturated heterocycles. The van der Waals surface area contributed by atoms with Gasteiger partial charge in [0.2, 0.25) is 5.88 Å². The first-order chi connectivity index (χ1) is 12.6. The van der Waals surface area contributed by atoms with E-state index in [1.165, 1.54) is 37.6 Å². The summed E-state index contributed by atoms with van der Waals surface area (Å²) >= 11 is 0. The van der Waals surface area contributed by atoms with Crippen molar-refractivity contribution in [2.75, 3.05) is 0 Å². The van der Waals surface area contributed by atoms with E-state index in [0.29, 0.717) is 5.88 Å². The van der Waals surface area contributed by atoms with Crippen molar-refractivity contribution >= 4 is 11.9 Å². The van der Waals surface area contributed by atoms with Crippen LogP contribution in [0.15, 0.2) is 36.7 Å². The lowest BCUT2D eigenvalue weighted by atomic mass is 9.98. The lowest BCUT2D eigenvalue weighted by Gasteiger charge is -2.22. The van der Waals surface area contributed by atoms with E-state index in [2.05, 4.69) is 15.3 Å². The molecule has 2 heterocycles. The van der Waals surface area contributed by atoms with Crippen molar-refractivity contribution < 1.29 is 19.4 Å². The van der Waals surface area contributed by atoms with Gasteiger partial charge in [-0.1, -0.05) is 6.42 Å². The summed E-state index contributed by atoms with van der Waals surface area (Å²) in [4.78, 5) is 31.3. The molecule has 0 atom stereocenters. The van der Waals surface area contributed by atoms with E-state index in [1.54, 1.807) is 12.3 Å². The average Bonchev–Trinajstić information content (AvgIpc) is 2.67. The van der Waals surface area contributed by atoms with E-state index in [-0.39, 0.29) is 23.9 Å². The van der Waals surface area contributed by atoms with Gasteiger partial charge in [-0.15, -0.1) is 0 Å². The van der Waals surface area contributed by atoms with Crippen molar-refractivity contribution in [2.24, 2.45) is 0 Å². The zero-order valence-electron chi connectivity index (χ0n) is 14.4. The van der Waals surface area contributed by atoms with Crippen LogP contribution in [0.5, 0.6) is 5.88 Å². The first-order valence-corrected chi connectivity index (χ1v) is 8.71. The lowest BCUT2D eigenvalue weighted by Crippen LogP contribution is -2.24. The largest absolute Gasteiger partial charge is 0.478 e. The minimum absolute atomic E-state index is 0.0252. The Morgan fingerprint density at radius 2 is 1.88 bits per heavy atom. The van der Waals surface area contributed by atoms with Gasteiger partial charge in [0.15, 0.2) is 0 Å². The molecule has 2 aromatic heterocycles. The molecule has 136 valence electrons. The van der Waals surface area contributed by atoms with Crippen LogP contribution in [0.2, 0.25) is 0 Å². The predicted molar refractivity (Wildman–Crippen MR) is 94.1 cm³/mol. The van der Waals surface area contributed by atoms with Gasteiger partial charge in [-0.25, -0.2) is 9.78 Å². The molecule has 0 unspecified atom stereocenters. The van der Waals surface area contributed by atoms with Crippen LogP contribution in [-0.4, -0.2) is 33.1 Å². The zero-order valence-corrected chi connectivity index (χ0v) is 14.4. The number of nitrogens with one attached hydrogen (secondary N) is 1. The maximum absolute atomic E-state index is 12.2. The molecule has 26 heavy (non-hydrogen) atoms. The number of rotatable bonds is 6. The SMILES string of the molecule is O=C(O)c1ccnc(C(=O)NCc2ccnc(OC3CCCCC3)c2)c1. The summed E-state index contributed by atoms with van der Waals surface area (Å²) in [5.74, 6) is -0.964. The van der Waals surface area contributed by atoms with Crippen LogP contribution in [0.3, 0.4) is 0 Å². The number of hydrogen-bond donors (Lipinski definition) is 2. The summed E-state index contributed by atoms with van der Waals surface area (Å²) in [6, 6.07) is 6.21. The molecule has 3 rings (SSSR count). The third-order valence-electron chi connectivity index (χ3n) is 4.33. The maximum Gasteiger partial charge on any atom is 0.335 e. The molecule has 1 saturated carbocycles. The summed E-state index contributed by atoms with van der Waals surface area (Å²) in [6.07, 6.45) is 8.90. The number of amides is 1. The Labute approximate surface area is 151 Å². The minimum Gasteiger partial charge on any atom is -0.478 e. The van der Waals surface area contributed by atoms with Crippen molar-refractivity contribution in [3.05, 3.63) is 53.5 Å². The second kappa shape index (κ2) is 8.42. The highest BCUT2D eigenvalue weighted by Gasteiger charge is 2.16. The van der Waals surface area contributed by atoms with Gasteiger partial charge in [0.25, 0.3) is 5.91 Å². The minimum atomic E-state index is -1.10. The quantitative estimate of drug-likeness (QED) is 0.826. The molecule has 2 N–H and O–H groups in total. The number of pyridine rings is 2. The van der Waals surface area contributed by atoms with Crippen LogP contribution in [0.4, 0.5) is 0 Å². The van der Waals surface area contributed by atoms with Crippen molar-refractivity contribution in [2.45, 2.75) is 44.8 Å². The molecule has 0 bridgehead atoms. The molecule has 7 heteroatoms. The van der Waals surface area contributed by atoms with E-state index in [9.17, 15) is 9.59 Å². The average molecular weight is 355 g/mol. The Kier molecular flexibility index (Phi) is 5.78. The fourth-order valence-corrected chi connectivity index (χ4v) is 2.94. The Morgan fingerprint density at radius 1 is 1.12 bits per heavy atom. The first-order valence-electron chi connectivity index (χ1n) is 8.71. The zero-order chi connectivity index (χ0) is 18.4. The summed E-state index contributed by atoms with van der Waals surface area (Å²) in [5.41, 5.74) is 0.948. The molecule has 2 aromatic rings. The van der Waals surface area contributed by atoms with Gasteiger partial charge in [-0.2, -0.15) is 0 Å². The number of carbonyl (C=O) groups is 2. The van der Waals surface area contributed by atoms with E-state index < -0.39 is 11.9 Å². The van der Waals surface area contributed by atoms with E-state index >= 15 is 0 Å². The number of aromatic carboxylic acids is 1. The third kappa shape index (κ3) is 4.78. The smallest absolute Gasteiger partial charge is 0.335 e. The number of carbonyl (C=O) groups excluding carboxylic acids is 1. The van der Waals surface area contributed by atoms with Crippen LogP contribution in [0, 0.1) is 0 Å². The van der Waals surface area contributed by atoms with Gasteiger partial charge >= 0.3 is 5.97 Å². The molecule has 0 aromatic carbocycles. The number of hydrogen-bond acceptors (Lipinski definition) is 5. The highest BCUT2D eigenvalue weighted by molar-refractivity contribution is 5.95. The second-order valence-electron chi connectivity index (χ2n) is 6.30. The summed E-state index contributed by atoms with van der Waals surface area (Å²) in [6.45, 7) is 0.279. The third-order valence-corrected chi connectivity index (χ3v) is 4.33. The Hall–Kier alpha value is -2.96. The predicted octanol–water partition coefficient (Wildman–Crippen LogP) is 2.82. The molecule has 7 nitrogen and oxygen atoms in total. The standard InChI is InChI=1S/C19H21N3O4/c23-18(16-11-14(19(24)25)7-9-20-16)22-12-13-6-8-21-17(10-13)26-15-4-2-1-3-5-15/h6-11,15H,1-5,12H2,(H,22,23)(H,24,25). The second-order valence-corrected chi connectivity index (χ2v) is 6.30. The van der Waals surface area contributed by atoms with Crippen LogP contribution in [0.25, 0.3) is 0 Å². The fraction of sp³-hybridized carbons (Fsp3) is 0.368. The van der Waals surface area contributed by atoms with E-state index in [1.807, 2.05) is 6.07 Å². The number of carboxylic acids is 1. The lowest BCUT2D eigenvalue weighted by molar-refractivity contribution is 0.0696. The molecule has 0 radical (unpaired) electrons. The van der Waals surface area contributed by atoms with Gasteiger partial charge in [0.1, 0.15) is 11.8 Å². The van der Waals surface area contributed by atoms with E-state index in [4.69, 9.17) is 9.84 Å². The summed E-state index contributed by atoms with van der Waals surface area (Å²) in [5, 5.41) is 11.7. The van der Waals surface area contributed by atoms with Gasteiger partial charge in [-0.3, -0.25) is 9.78 Å². The Balaban J connectivity index is 1.58. The molecule has 0 aliphatic heterocycles. The summed E-state index contributed by atoms with van der Waals surface area (Å²) in [7, 11) is 0. The van der Waals surface area contributed by atoms with E-state index in [0.717, 1.165) is 18.4 Å². The number of aromatic nitrogens is 2. The molecule has 1 aliphatic rings. The number of nitrogens with zero attached hydrogens (tertiary/aromatic N) is 2. The highest BCUT2D eigenvalue weighted by Crippen LogP contribution is 2.22. The highest BCUT2D eigenvalue weighted by atomic mass is 16.5. The van der Waals surface area contributed by atoms with Gasteiger partial charge in [0, 0.05) is 25.0 Å². The molecular formula is C19H21N3O4. The van der Waals surface area contributed by atoms with Crippen LogP contribution in [0.1, 0.15) is 58.5 Å². The van der Waals surface area contributed by atoms with Crippen molar-refractivity contribution in [3.8, 4) is 5.88 Å². The molecular weight excluding hydrogens is 334 g/mol. The first kappa shape index (κ1) is 17.8. The monoisotopic (exact) mass is 355 g/mol. The normalized spacial score (nSPS) is 14.6. The van der Waals surface area contributed by atoms with Crippen LogP contribution in [-0.2, 0) is 6.54 Å². The Bertz CT molecular complexity index is 788. The van der Waals surface area contributed by atoms with Crippen LogP contribution >= 0.6 is 0 Å². The number of ether oxygens (including phenoxy) is 1. The molecule has 1 aliphatic carbocycles. The number of carboxylic acid groups (broad SMARTS) is 1. The molecule has 0 spiro atoms.